The largest absolute Gasteiger partial charge is 0.493 e. The molecule has 7 nitrogen and oxygen atoms in total. The molecule has 0 aliphatic carbocycles. The Kier molecular flexibility index (Phi) is 6.25. The van der Waals surface area contributed by atoms with Gasteiger partial charge in [-0.15, -0.1) is 0 Å². The number of nitrogens with one attached hydrogen (secondary N) is 1. The highest BCUT2D eigenvalue weighted by molar-refractivity contribution is 9.10. The molecule has 0 bridgehead atoms. The van der Waals surface area contributed by atoms with Crippen LogP contribution in [0.1, 0.15) is 12.3 Å². The van der Waals surface area contributed by atoms with Crippen molar-refractivity contribution in [1.29, 1.82) is 0 Å². The number of halogens is 2. The Labute approximate surface area is 169 Å². The van der Waals surface area contributed by atoms with Crippen molar-refractivity contribution in [3.8, 4) is 22.9 Å². The normalized spacial score (nSPS) is 10.6. The summed E-state index contributed by atoms with van der Waals surface area (Å²) in [5.74, 6) is 0.934. The van der Waals surface area contributed by atoms with E-state index in [0.29, 0.717) is 33.3 Å². The number of carbonyl (C=O) groups excluding carboxylic acids is 1. The Morgan fingerprint density at radius 2 is 1.96 bits per heavy atom. The number of benzene rings is 2. The van der Waals surface area contributed by atoms with Crippen LogP contribution in [0.4, 0.5) is 10.1 Å². The van der Waals surface area contributed by atoms with E-state index in [-0.39, 0.29) is 24.4 Å². The van der Waals surface area contributed by atoms with Crippen LogP contribution in [0, 0.1) is 5.82 Å². The minimum atomic E-state index is -0.517. The number of rotatable bonds is 7. The first kappa shape index (κ1) is 19.8. The summed E-state index contributed by atoms with van der Waals surface area (Å²) in [6, 6.07) is 9.66. The first-order valence-corrected chi connectivity index (χ1v) is 9.09. The molecular formula is C19H17BrFN3O4. The standard InChI is InChI=1S/C19H17BrFN3O4/c1-26-15-6-3-11(9-16(15)27-2)19-23-18(28-24-19)8-7-17(25)22-14-5-4-12(20)10-13(14)21/h3-6,9-10H,7-8H2,1-2H3,(H,22,25). The maximum absolute atomic E-state index is 13.8. The SMILES string of the molecule is COc1ccc(-c2noc(CCC(=O)Nc3ccc(Br)cc3F)n2)cc1OC. The monoisotopic (exact) mass is 449 g/mol. The Hall–Kier alpha value is -2.94. The second kappa shape index (κ2) is 8.83. The van der Waals surface area contributed by atoms with Crippen molar-refractivity contribution in [1.82, 2.24) is 10.1 Å². The van der Waals surface area contributed by atoms with E-state index in [4.69, 9.17) is 14.0 Å². The van der Waals surface area contributed by atoms with Gasteiger partial charge in [0.05, 0.1) is 19.9 Å². The Morgan fingerprint density at radius 1 is 1.18 bits per heavy atom. The highest BCUT2D eigenvalue weighted by Crippen LogP contribution is 2.31. The number of methoxy groups -OCH3 is 2. The maximum Gasteiger partial charge on any atom is 0.227 e. The summed E-state index contributed by atoms with van der Waals surface area (Å²) in [7, 11) is 3.09. The molecule has 3 aromatic rings. The lowest BCUT2D eigenvalue weighted by atomic mass is 10.2. The van der Waals surface area contributed by atoms with Gasteiger partial charge in [0, 0.05) is 22.9 Å². The van der Waals surface area contributed by atoms with Gasteiger partial charge in [-0.25, -0.2) is 4.39 Å². The lowest BCUT2D eigenvalue weighted by Crippen LogP contribution is -2.13. The van der Waals surface area contributed by atoms with Gasteiger partial charge in [0.25, 0.3) is 0 Å². The number of ether oxygens (including phenoxy) is 2. The molecule has 3 rings (SSSR count). The average molecular weight is 450 g/mol. The van der Waals surface area contributed by atoms with E-state index in [2.05, 4.69) is 31.4 Å². The zero-order valence-corrected chi connectivity index (χ0v) is 16.7. The van der Waals surface area contributed by atoms with Crippen molar-refractivity contribution in [2.75, 3.05) is 19.5 Å². The second-order valence-corrected chi connectivity index (χ2v) is 6.67. The third kappa shape index (κ3) is 4.66. The van der Waals surface area contributed by atoms with Gasteiger partial charge in [-0.3, -0.25) is 4.79 Å². The fourth-order valence-corrected chi connectivity index (χ4v) is 2.81. The third-order valence-corrected chi connectivity index (χ3v) is 4.37. The highest BCUT2D eigenvalue weighted by Gasteiger charge is 2.14. The zero-order chi connectivity index (χ0) is 20.1. The van der Waals surface area contributed by atoms with Gasteiger partial charge in [-0.05, 0) is 36.4 Å². The lowest BCUT2D eigenvalue weighted by molar-refractivity contribution is -0.116. The highest BCUT2D eigenvalue weighted by atomic mass is 79.9. The maximum atomic E-state index is 13.8. The molecule has 0 radical (unpaired) electrons. The summed E-state index contributed by atoms with van der Waals surface area (Å²) in [4.78, 5) is 16.3. The first-order chi connectivity index (χ1) is 13.5. The van der Waals surface area contributed by atoms with Crippen LogP contribution >= 0.6 is 15.9 Å². The Morgan fingerprint density at radius 3 is 2.68 bits per heavy atom. The van der Waals surface area contributed by atoms with Crippen LogP contribution in [0.3, 0.4) is 0 Å². The Bertz CT molecular complexity index is 993. The molecule has 0 atom stereocenters. The fraction of sp³-hybridized carbons (Fsp3) is 0.211. The van der Waals surface area contributed by atoms with Crippen LogP contribution in [-0.2, 0) is 11.2 Å². The van der Waals surface area contributed by atoms with Crippen molar-refractivity contribution in [3.05, 3.63) is 52.6 Å². The van der Waals surface area contributed by atoms with E-state index in [9.17, 15) is 9.18 Å². The molecule has 1 heterocycles. The summed E-state index contributed by atoms with van der Waals surface area (Å²) in [5.41, 5.74) is 0.804. The van der Waals surface area contributed by atoms with E-state index in [1.54, 1.807) is 31.4 Å². The van der Waals surface area contributed by atoms with Crippen LogP contribution in [0.25, 0.3) is 11.4 Å². The fourth-order valence-electron chi connectivity index (χ4n) is 2.47. The number of aryl methyl sites for hydroxylation is 1. The topological polar surface area (TPSA) is 86.5 Å². The molecule has 9 heteroatoms. The second-order valence-electron chi connectivity index (χ2n) is 5.75. The number of carbonyl (C=O) groups is 1. The molecule has 28 heavy (non-hydrogen) atoms. The molecule has 1 amide bonds. The molecule has 0 fully saturated rings. The number of nitrogens with zero attached hydrogens (tertiary/aromatic N) is 2. The molecule has 0 saturated carbocycles. The number of hydrogen-bond acceptors (Lipinski definition) is 6. The number of hydrogen-bond donors (Lipinski definition) is 1. The minimum Gasteiger partial charge on any atom is -0.493 e. The van der Waals surface area contributed by atoms with E-state index in [1.807, 2.05) is 0 Å². The third-order valence-electron chi connectivity index (χ3n) is 3.88. The predicted octanol–water partition coefficient (Wildman–Crippen LogP) is 4.23. The van der Waals surface area contributed by atoms with Crippen molar-refractivity contribution in [2.45, 2.75) is 12.8 Å². The van der Waals surface area contributed by atoms with Gasteiger partial charge in [0.1, 0.15) is 5.82 Å². The quantitative estimate of drug-likeness (QED) is 0.580. The van der Waals surface area contributed by atoms with Gasteiger partial charge in [-0.1, -0.05) is 21.1 Å². The van der Waals surface area contributed by atoms with E-state index < -0.39 is 5.82 Å². The van der Waals surface area contributed by atoms with Crippen LogP contribution in [0.5, 0.6) is 11.5 Å². The van der Waals surface area contributed by atoms with Crippen molar-refractivity contribution in [2.24, 2.45) is 0 Å². The van der Waals surface area contributed by atoms with Crippen LogP contribution < -0.4 is 14.8 Å². The molecule has 2 aromatic carbocycles. The molecule has 0 unspecified atom stereocenters. The van der Waals surface area contributed by atoms with E-state index in [0.717, 1.165) is 0 Å². The molecule has 1 aromatic heterocycles. The summed E-state index contributed by atoms with van der Waals surface area (Å²) in [6.07, 6.45) is 0.299. The van der Waals surface area contributed by atoms with Crippen LogP contribution in [0.2, 0.25) is 0 Å². The van der Waals surface area contributed by atoms with Crippen molar-refractivity contribution in [3.63, 3.8) is 0 Å². The van der Waals surface area contributed by atoms with Crippen molar-refractivity contribution < 1.29 is 23.2 Å². The minimum absolute atomic E-state index is 0.0725. The lowest BCUT2D eigenvalue weighted by Gasteiger charge is -2.07. The summed E-state index contributed by atoms with van der Waals surface area (Å²) in [6.45, 7) is 0. The number of aromatic nitrogens is 2. The molecule has 0 saturated heterocycles. The molecule has 0 aliphatic rings. The van der Waals surface area contributed by atoms with Crippen LogP contribution in [-0.4, -0.2) is 30.3 Å². The van der Waals surface area contributed by atoms with Crippen LogP contribution in [0.15, 0.2) is 45.4 Å². The summed E-state index contributed by atoms with van der Waals surface area (Å²) in [5, 5.41) is 6.44. The molecular weight excluding hydrogens is 433 g/mol. The number of anilines is 1. The smallest absolute Gasteiger partial charge is 0.227 e. The molecule has 0 spiro atoms. The predicted molar refractivity (Wildman–Crippen MR) is 104 cm³/mol. The van der Waals surface area contributed by atoms with Gasteiger partial charge in [0.2, 0.25) is 17.6 Å². The van der Waals surface area contributed by atoms with Crippen molar-refractivity contribution >= 4 is 27.5 Å². The van der Waals surface area contributed by atoms with Gasteiger partial charge in [-0.2, -0.15) is 4.98 Å². The van der Waals surface area contributed by atoms with Gasteiger partial charge in [0.15, 0.2) is 11.5 Å². The van der Waals surface area contributed by atoms with E-state index >= 15 is 0 Å². The van der Waals surface area contributed by atoms with Gasteiger partial charge < -0.3 is 19.3 Å². The summed E-state index contributed by atoms with van der Waals surface area (Å²) < 4.78 is 30.0. The molecule has 0 aliphatic heterocycles. The molecule has 1 N–H and O–H groups in total. The Balaban J connectivity index is 1.62. The average Bonchev–Trinajstić information content (AvgIpc) is 3.17. The zero-order valence-electron chi connectivity index (χ0n) is 15.2. The van der Waals surface area contributed by atoms with Gasteiger partial charge >= 0.3 is 0 Å². The summed E-state index contributed by atoms with van der Waals surface area (Å²) >= 11 is 3.17. The molecule has 146 valence electrons. The van der Waals surface area contributed by atoms with E-state index in [1.165, 1.54) is 19.2 Å². The first-order valence-electron chi connectivity index (χ1n) is 8.30. The number of amides is 1.